The Hall–Kier alpha value is -2.40. The molecule has 2 aromatic rings. The van der Waals surface area contributed by atoms with E-state index in [1.807, 2.05) is 6.07 Å². The molecule has 0 N–H and O–H groups in total. The van der Waals surface area contributed by atoms with Crippen LogP contribution in [0, 0.1) is 0 Å². The lowest BCUT2D eigenvalue weighted by molar-refractivity contribution is 0.157. The highest BCUT2D eigenvalue weighted by atomic mass is 16.5. The Morgan fingerprint density at radius 3 is 2.43 bits per heavy atom. The monoisotopic (exact) mass is 381 g/mol. The standard InChI is InChI=1S/C23H27NO4/c1-25-20-7-4-14-10-19-17-12-22(28-16-5-6-16)21(26-2)11-15(17)8-9-24(19)13-18(14)23(20)27-3/h4,7,11-12,16,19H,5-6,8-10,13H2,1-3H3/t19-/m0/s1. The van der Waals surface area contributed by atoms with Gasteiger partial charge in [0.05, 0.1) is 27.4 Å². The zero-order chi connectivity index (χ0) is 19.3. The quantitative estimate of drug-likeness (QED) is 0.785. The minimum atomic E-state index is 0.357. The summed E-state index contributed by atoms with van der Waals surface area (Å²) in [5.41, 5.74) is 5.35. The number of ether oxygens (including phenoxy) is 4. The fourth-order valence-electron chi connectivity index (χ4n) is 4.61. The molecule has 5 heteroatoms. The van der Waals surface area contributed by atoms with Crippen LogP contribution in [0.5, 0.6) is 23.0 Å². The maximum Gasteiger partial charge on any atom is 0.165 e. The van der Waals surface area contributed by atoms with Gasteiger partial charge in [0.2, 0.25) is 0 Å². The summed E-state index contributed by atoms with van der Waals surface area (Å²) < 4.78 is 23.0. The molecule has 0 spiro atoms. The highest BCUT2D eigenvalue weighted by molar-refractivity contribution is 5.54. The van der Waals surface area contributed by atoms with E-state index >= 15 is 0 Å². The molecule has 0 amide bonds. The number of nitrogens with zero attached hydrogens (tertiary/aromatic N) is 1. The molecule has 28 heavy (non-hydrogen) atoms. The summed E-state index contributed by atoms with van der Waals surface area (Å²) in [5, 5.41) is 0. The van der Waals surface area contributed by atoms with Gasteiger partial charge in [-0.2, -0.15) is 0 Å². The van der Waals surface area contributed by atoms with Crippen LogP contribution in [0.25, 0.3) is 0 Å². The third-order valence-corrected chi connectivity index (χ3v) is 6.23. The number of methoxy groups -OCH3 is 3. The van der Waals surface area contributed by atoms with E-state index in [4.69, 9.17) is 18.9 Å². The summed E-state index contributed by atoms with van der Waals surface area (Å²) in [6.07, 6.45) is 4.64. The number of rotatable bonds is 5. The van der Waals surface area contributed by atoms with Crippen molar-refractivity contribution in [2.45, 2.75) is 44.4 Å². The summed E-state index contributed by atoms with van der Waals surface area (Å²) in [5.74, 6) is 3.43. The molecule has 2 heterocycles. The van der Waals surface area contributed by atoms with Crippen molar-refractivity contribution in [3.63, 3.8) is 0 Å². The van der Waals surface area contributed by atoms with Crippen LogP contribution in [0.4, 0.5) is 0 Å². The molecule has 148 valence electrons. The van der Waals surface area contributed by atoms with Gasteiger partial charge in [-0.3, -0.25) is 4.90 Å². The van der Waals surface area contributed by atoms with Crippen LogP contribution >= 0.6 is 0 Å². The Morgan fingerprint density at radius 2 is 1.71 bits per heavy atom. The summed E-state index contributed by atoms with van der Waals surface area (Å²) in [4.78, 5) is 2.56. The molecular formula is C23H27NO4. The van der Waals surface area contributed by atoms with Crippen LogP contribution in [0.3, 0.4) is 0 Å². The molecular weight excluding hydrogens is 354 g/mol. The first kappa shape index (κ1) is 17.7. The van der Waals surface area contributed by atoms with Crippen LogP contribution in [-0.2, 0) is 19.4 Å². The summed E-state index contributed by atoms with van der Waals surface area (Å²) in [6.45, 7) is 1.91. The van der Waals surface area contributed by atoms with Gasteiger partial charge in [0, 0.05) is 24.7 Å². The van der Waals surface area contributed by atoms with Crippen LogP contribution in [0.2, 0.25) is 0 Å². The first-order valence-electron chi connectivity index (χ1n) is 10.1. The van der Waals surface area contributed by atoms with E-state index in [0.29, 0.717) is 12.1 Å². The van der Waals surface area contributed by atoms with Crippen molar-refractivity contribution in [3.05, 3.63) is 46.5 Å². The van der Waals surface area contributed by atoms with Crippen molar-refractivity contribution in [1.82, 2.24) is 4.90 Å². The number of hydrogen-bond donors (Lipinski definition) is 0. The van der Waals surface area contributed by atoms with E-state index in [9.17, 15) is 0 Å². The van der Waals surface area contributed by atoms with Gasteiger partial charge in [0.15, 0.2) is 23.0 Å². The van der Waals surface area contributed by atoms with Crippen molar-refractivity contribution < 1.29 is 18.9 Å². The lowest BCUT2D eigenvalue weighted by Gasteiger charge is -2.42. The molecule has 0 bridgehead atoms. The van der Waals surface area contributed by atoms with Crippen molar-refractivity contribution in [2.75, 3.05) is 27.9 Å². The first-order valence-corrected chi connectivity index (χ1v) is 10.1. The van der Waals surface area contributed by atoms with Crippen LogP contribution in [-0.4, -0.2) is 38.9 Å². The van der Waals surface area contributed by atoms with Gasteiger partial charge >= 0.3 is 0 Å². The van der Waals surface area contributed by atoms with E-state index in [-0.39, 0.29) is 0 Å². The van der Waals surface area contributed by atoms with Gasteiger partial charge in [0.1, 0.15) is 0 Å². The molecule has 2 aromatic carbocycles. The Labute approximate surface area is 166 Å². The van der Waals surface area contributed by atoms with Gasteiger partial charge in [-0.25, -0.2) is 0 Å². The minimum Gasteiger partial charge on any atom is -0.493 e. The van der Waals surface area contributed by atoms with Crippen molar-refractivity contribution in [3.8, 4) is 23.0 Å². The Kier molecular flexibility index (Phi) is 4.35. The molecule has 0 aromatic heterocycles. The lowest BCUT2D eigenvalue weighted by atomic mass is 9.83. The van der Waals surface area contributed by atoms with Gasteiger partial charge < -0.3 is 18.9 Å². The Bertz CT molecular complexity index is 906. The Balaban J connectivity index is 1.53. The summed E-state index contributed by atoms with van der Waals surface area (Å²) >= 11 is 0. The van der Waals surface area contributed by atoms with Crippen molar-refractivity contribution in [1.29, 1.82) is 0 Å². The molecule has 1 atom stereocenters. The molecule has 2 aliphatic heterocycles. The Morgan fingerprint density at radius 1 is 0.893 bits per heavy atom. The number of fused-ring (bicyclic) bond motifs is 4. The SMILES string of the molecule is COc1cc2c(cc1OC1CC1)[C@@H]1Cc3ccc(OC)c(OC)c3CN1CC2. The van der Waals surface area contributed by atoms with E-state index in [1.54, 1.807) is 21.3 Å². The van der Waals surface area contributed by atoms with Crippen LogP contribution in [0.1, 0.15) is 41.1 Å². The summed E-state index contributed by atoms with van der Waals surface area (Å²) in [6, 6.07) is 8.99. The number of benzene rings is 2. The molecule has 3 aliphatic rings. The van der Waals surface area contributed by atoms with E-state index < -0.39 is 0 Å². The van der Waals surface area contributed by atoms with E-state index in [0.717, 1.165) is 61.8 Å². The third-order valence-electron chi connectivity index (χ3n) is 6.23. The molecule has 1 saturated carbocycles. The second kappa shape index (κ2) is 6.89. The zero-order valence-electron chi connectivity index (χ0n) is 16.8. The largest absolute Gasteiger partial charge is 0.493 e. The predicted octanol–water partition coefficient (Wildman–Crippen LogP) is 3.91. The maximum atomic E-state index is 6.15. The third kappa shape index (κ3) is 2.89. The van der Waals surface area contributed by atoms with Gasteiger partial charge in [0.25, 0.3) is 0 Å². The second-order valence-corrected chi connectivity index (χ2v) is 7.90. The lowest BCUT2D eigenvalue weighted by Crippen LogP contribution is -2.39. The maximum absolute atomic E-state index is 6.15. The normalized spacial score (nSPS) is 20.6. The minimum absolute atomic E-state index is 0.357. The highest BCUT2D eigenvalue weighted by Crippen LogP contribution is 2.46. The fourth-order valence-corrected chi connectivity index (χ4v) is 4.61. The fraction of sp³-hybridized carbons (Fsp3) is 0.478. The average molecular weight is 381 g/mol. The van der Waals surface area contributed by atoms with Gasteiger partial charge in [-0.1, -0.05) is 6.07 Å². The zero-order valence-corrected chi connectivity index (χ0v) is 16.8. The highest BCUT2D eigenvalue weighted by Gasteiger charge is 2.35. The van der Waals surface area contributed by atoms with Crippen molar-refractivity contribution >= 4 is 0 Å². The molecule has 0 saturated heterocycles. The van der Waals surface area contributed by atoms with Gasteiger partial charge in [-0.05, 0) is 60.6 Å². The smallest absolute Gasteiger partial charge is 0.165 e. The molecule has 5 nitrogen and oxygen atoms in total. The molecule has 5 rings (SSSR count). The molecule has 1 aliphatic carbocycles. The average Bonchev–Trinajstić information content (AvgIpc) is 3.55. The number of hydrogen-bond acceptors (Lipinski definition) is 5. The predicted molar refractivity (Wildman–Crippen MR) is 107 cm³/mol. The first-order chi connectivity index (χ1) is 13.7. The molecule has 0 unspecified atom stereocenters. The van der Waals surface area contributed by atoms with Crippen LogP contribution in [0.15, 0.2) is 24.3 Å². The topological polar surface area (TPSA) is 40.2 Å². The molecule has 1 fully saturated rings. The van der Waals surface area contributed by atoms with Gasteiger partial charge in [-0.15, -0.1) is 0 Å². The van der Waals surface area contributed by atoms with Crippen molar-refractivity contribution in [2.24, 2.45) is 0 Å². The van der Waals surface area contributed by atoms with Crippen LogP contribution < -0.4 is 18.9 Å². The van der Waals surface area contributed by atoms with E-state index in [2.05, 4.69) is 23.1 Å². The second-order valence-electron chi connectivity index (χ2n) is 7.90. The molecule has 0 radical (unpaired) electrons. The summed E-state index contributed by atoms with van der Waals surface area (Å²) in [7, 11) is 5.15. The van der Waals surface area contributed by atoms with E-state index in [1.165, 1.54) is 22.3 Å².